The minimum absolute atomic E-state index is 0.564. The van der Waals surface area contributed by atoms with Gasteiger partial charge in [0.25, 0.3) is 0 Å². The first-order chi connectivity index (χ1) is 4.60. The summed E-state index contributed by atoms with van der Waals surface area (Å²) < 4.78 is 0. The molecule has 0 fully saturated rings. The van der Waals surface area contributed by atoms with Crippen LogP contribution in [0.3, 0.4) is 0 Å². The van der Waals surface area contributed by atoms with Gasteiger partial charge in [0, 0.05) is 0 Å². The van der Waals surface area contributed by atoms with Crippen molar-refractivity contribution in [2.75, 3.05) is 19.8 Å². The van der Waals surface area contributed by atoms with Crippen LogP contribution >= 0.6 is 0 Å². The zero-order chi connectivity index (χ0) is 8.20. The van der Waals surface area contributed by atoms with Crippen molar-refractivity contribution in [3.63, 3.8) is 0 Å². The van der Waals surface area contributed by atoms with E-state index in [1.54, 1.807) is 0 Å². The number of aliphatic hydroxyl groups is 4. The smallest absolute Gasteiger partial charge is 0.0994 e. The third-order valence-corrected chi connectivity index (χ3v) is 1.43. The highest BCUT2D eigenvalue weighted by Gasteiger charge is 2.31. The van der Waals surface area contributed by atoms with E-state index in [2.05, 4.69) is 0 Å². The number of hydrogen-bond acceptors (Lipinski definition) is 5. The lowest BCUT2D eigenvalue weighted by Gasteiger charge is -2.28. The molecule has 0 saturated carbocycles. The first-order valence-corrected chi connectivity index (χ1v) is 2.90. The third kappa shape index (κ3) is 1.89. The van der Waals surface area contributed by atoms with Crippen molar-refractivity contribution >= 4 is 0 Å². The predicted octanol–water partition coefficient (Wildman–Crippen LogP) is -2.98. The molecular formula is C5H13NO4. The Kier molecular flexibility index (Phi) is 3.77. The first kappa shape index (κ1) is 9.80. The molecule has 0 aliphatic carbocycles. The highest BCUT2D eigenvalue weighted by atomic mass is 16.3. The number of hydrogen-bond donors (Lipinski definition) is 5. The van der Waals surface area contributed by atoms with Crippen molar-refractivity contribution in [3.05, 3.63) is 0 Å². The Bertz CT molecular complexity index is 93.6. The topological polar surface area (TPSA) is 107 Å². The molecule has 10 heavy (non-hydrogen) atoms. The second-order valence-corrected chi connectivity index (χ2v) is 2.25. The minimum atomic E-state index is -1.49. The molecule has 0 heterocycles. The molecule has 0 aromatic carbocycles. The second-order valence-electron chi connectivity index (χ2n) is 2.25. The zero-order valence-electron chi connectivity index (χ0n) is 5.56. The summed E-state index contributed by atoms with van der Waals surface area (Å²) in [6.45, 7) is -1.70. The Hall–Kier alpha value is -0.200. The molecule has 0 aromatic rings. The van der Waals surface area contributed by atoms with Crippen LogP contribution in [0.2, 0.25) is 0 Å². The lowest BCUT2D eigenvalue weighted by Crippen LogP contribution is -2.58. The van der Waals surface area contributed by atoms with Crippen LogP contribution in [0, 0.1) is 0 Å². The highest BCUT2D eigenvalue weighted by Crippen LogP contribution is 2.04. The summed E-state index contributed by atoms with van der Waals surface area (Å²) in [5.41, 5.74) is 3.75. The van der Waals surface area contributed by atoms with E-state index in [9.17, 15) is 0 Å². The lowest BCUT2D eigenvalue weighted by atomic mass is 9.96. The fourth-order valence-corrected chi connectivity index (χ4v) is 0.443. The van der Waals surface area contributed by atoms with Crippen molar-refractivity contribution in [1.29, 1.82) is 0 Å². The van der Waals surface area contributed by atoms with Crippen LogP contribution < -0.4 is 5.73 Å². The molecule has 0 spiro atoms. The molecule has 0 amide bonds. The van der Waals surface area contributed by atoms with Gasteiger partial charge in [-0.3, -0.25) is 0 Å². The molecule has 6 N–H and O–H groups in total. The molecule has 62 valence electrons. The van der Waals surface area contributed by atoms with Gasteiger partial charge >= 0.3 is 0 Å². The maximum atomic E-state index is 8.88. The van der Waals surface area contributed by atoms with Crippen LogP contribution in [0.4, 0.5) is 0 Å². The highest BCUT2D eigenvalue weighted by molar-refractivity contribution is 4.89. The van der Waals surface area contributed by atoms with Crippen LogP contribution in [0.5, 0.6) is 0 Å². The van der Waals surface area contributed by atoms with E-state index >= 15 is 0 Å². The Morgan fingerprint density at radius 2 is 1.60 bits per heavy atom. The fourth-order valence-electron chi connectivity index (χ4n) is 0.443. The van der Waals surface area contributed by atoms with Gasteiger partial charge in [-0.25, -0.2) is 0 Å². The van der Waals surface area contributed by atoms with Crippen LogP contribution in [0.15, 0.2) is 0 Å². The van der Waals surface area contributed by atoms with Crippen molar-refractivity contribution in [1.82, 2.24) is 0 Å². The summed E-state index contributed by atoms with van der Waals surface area (Å²) in [5.74, 6) is 0. The van der Waals surface area contributed by atoms with E-state index in [0.29, 0.717) is 0 Å². The lowest BCUT2D eigenvalue weighted by molar-refractivity contribution is -0.0212. The summed E-state index contributed by atoms with van der Waals surface area (Å²) in [7, 11) is 0. The van der Waals surface area contributed by atoms with Gasteiger partial charge in [-0.15, -0.1) is 0 Å². The van der Waals surface area contributed by atoms with Gasteiger partial charge in [0.1, 0.15) is 0 Å². The number of nitrogens with two attached hydrogens (primary N) is 1. The molecule has 0 aromatic heterocycles. The molecule has 5 heteroatoms. The SMILES string of the molecule is NC(CO)(CO)C(O)CO. The minimum Gasteiger partial charge on any atom is -0.394 e. The van der Waals surface area contributed by atoms with Gasteiger partial charge in [-0.1, -0.05) is 0 Å². The van der Waals surface area contributed by atoms with Gasteiger partial charge in [0.15, 0.2) is 0 Å². The largest absolute Gasteiger partial charge is 0.394 e. The Labute approximate surface area is 58.7 Å². The van der Waals surface area contributed by atoms with Gasteiger partial charge < -0.3 is 26.2 Å². The number of aliphatic hydroxyl groups excluding tert-OH is 4. The molecule has 0 radical (unpaired) electrons. The van der Waals surface area contributed by atoms with Crippen LogP contribution in [-0.2, 0) is 0 Å². The maximum absolute atomic E-state index is 8.88. The maximum Gasteiger partial charge on any atom is 0.0994 e. The molecule has 0 aliphatic heterocycles. The first-order valence-electron chi connectivity index (χ1n) is 2.90. The molecule has 1 atom stereocenters. The normalized spacial score (nSPS) is 15.3. The number of rotatable bonds is 4. The second kappa shape index (κ2) is 3.85. The van der Waals surface area contributed by atoms with Gasteiger partial charge in [0.05, 0.1) is 31.5 Å². The van der Waals surface area contributed by atoms with Crippen molar-refractivity contribution < 1.29 is 20.4 Å². The van der Waals surface area contributed by atoms with E-state index in [1.165, 1.54) is 0 Å². The molecule has 0 saturated heterocycles. The quantitative estimate of drug-likeness (QED) is 0.295. The Morgan fingerprint density at radius 1 is 1.20 bits per heavy atom. The predicted molar refractivity (Wildman–Crippen MR) is 34.2 cm³/mol. The summed E-state index contributed by atoms with van der Waals surface area (Å²) >= 11 is 0. The summed E-state index contributed by atoms with van der Waals surface area (Å²) in [6, 6.07) is 0. The fraction of sp³-hybridized carbons (Fsp3) is 1.00. The van der Waals surface area contributed by atoms with E-state index in [4.69, 9.17) is 26.2 Å². The monoisotopic (exact) mass is 151 g/mol. The van der Waals surface area contributed by atoms with Crippen LogP contribution in [-0.4, -0.2) is 51.9 Å². The van der Waals surface area contributed by atoms with E-state index in [0.717, 1.165) is 0 Å². The molecule has 5 nitrogen and oxygen atoms in total. The Balaban J connectivity index is 4.02. The molecular weight excluding hydrogens is 138 g/mol. The van der Waals surface area contributed by atoms with Crippen molar-refractivity contribution in [3.8, 4) is 0 Å². The van der Waals surface area contributed by atoms with Crippen molar-refractivity contribution in [2.45, 2.75) is 11.6 Å². The summed E-state index contributed by atoms with van der Waals surface area (Å²) in [6.07, 6.45) is -1.29. The van der Waals surface area contributed by atoms with Gasteiger partial charge in [0.2, 0.25) is 0 Å². The van der Waals surface area contributed by atoms with E-state index < -0.39 is 31.5 Å². The molecule has 0 rings (SSSR count). The zero-order valence-corrected chi connectivity index (χ0v) is 5.56. The van der Waals surface area contributed by atoms with E-state index in [1.807, 2.05) is 0 Å². The van der Waals surface area contributed by atoms with Crippen molar-refractivity contribution in [2.24, 2.45) is 5.73 Å². The summed E-state index contributed by atoms with van der Waals surface area (Å²) in [4.78, 5) is 0. The molecule has 1 unspecified atom stereocenters. The Morgan fingerprint density at radius 3 is 1.70 bits per heavy atom. The average Bonchev–Trinajstić information content (AvgIpc) is 2.01. The van der Waals surface area contributed by atoms with E-state index in [-0.39, 0.29) is 0 Å². The third-order valence-electron chi connectivity index (χ3n) is 1.43. The van der Waals surface area contributed by atoms with Crippen LogP contribution in [0.1, 0.15) is 0 Å². The standard InChI is InChI=1S/C5H13NO4/c6-5(2-8,3-9)4(10)1-7/h4,7-10H,1-3,6H2. The van der Waals surface area contributed by atoms with Gasteiger partial charge in [-0.05, 0) is 0 Å². The summed E-state index contributed by atoms with van der Waals surface area (Å²) in [5, 5.41) is 34.3. The van der Waals surface area contributed by atoms with Gasteiger partial charge in [-0.2, -0.15) is 0 Å². The average molecular weight is 151 g/mol. The van der Waals surface area contributed by atoms with Crippen LogP contribution in [0.25, 0.3) is 0 Å². The molecule has 0 aliphatic rings. The molecule has 0 bridgehead atoms.